The highest BCUT2D eigenvalue weighted by molar-refractivity contribution is 9.10. The molecule has 0 spiro atoms. The Kier molecular flexibility index (Phi) is 4.83. The summed E-state index contributed by atoms with van der Waals surface area (Å²) in [5, 5.41) is 15.4. The lowest BCUT2D eigenvalue weighted by Gasteiger charge is -2.14. The molecule has 0 saturated carbocycles. The van der Waals surface area contributed by atoms with Crippen LogP contribution >= 0.6 is 15.9 Å². The quantitative estimate of drug-likeness (QED) is 0.616. The minimum atomic E-state index is -0.634. The molecular formula is C12H12BrFN6O2. The third-order valence-corrected chi connectivity index (χ3v) is 3.01. The molecule has 0 bridgehead atoms. The van der Waals surface area contributed by atoms with Gasteiger partial charge in [0.15, 0.2) is 0 Å². The van der Waals surface area contributed by atoms with Crippen molar-refractivity contribution in [3.63, 3.8) is 0 Å². The number of aromatic nitrogens is 2. The third-order valence-electron chi connectivity index (χ3n) is 2.52. The number of hydrogen-bond donors (Lipinski definition) is 2. The number of halogens is 2. The molecule has 1 aromatic carbocycles. The molecule has 22 heavy (non-hydrogen) atoms. The maximum Gasteiger partial charge on any atom is 0.354 e. The number of nitro groups is 1. The summed E-state index contributed by atoms with van der Waals surface area (Å²) in [5.74, 6) is -0.667. The smallest absolute Gasteiger partial charge is 0.332 e. The van der Waals surface area contributed by atoms with Crippen LogP contribution in [-0.4, -0.2) is 34.0 Å². The number of nitrogens with zero attached hydrogens (tertiary/aromatic N) is 4. The van der Waals surface area contributed by atoms with Crippen LogP contribution in [0.25, 0.3) is 0 Å². The molecule has 0 fully saturated rings. The Morgan fingerprint density at radius 2 is 2.00 bits per heavy atom. The zero-order valence-corrected chi connectivity index (χ0v) is 13.3. The van der Waals surface area contributed by atoms with E-state index in [0.29, 0.717) is 4.47 Å². The van der Waals surface area contributed by atoms with Gasteiger partial charge in [0.1, 0.15) is 12.1 Å². The number of rotatable bonds is 5. The third kappa shape index (κ3) is 3.65. The lowest BCUT2D eigenvalue weighted by molar-refractivity contribution is -0.383. The summed E-state index contributed by atoms with van der Waals surface area (Å²) in [6.45, 7) is 0. The Labute approximate surface area is 133 Å². The fourth-order valence-corrected chi connectivity index (χ4v) is 1.99. The van der Waals surface area contributed by atoms with Crippen molar-refractivity contribution < 1.29 is 9.31 Å². The molecule has 10 heteroatoms. The summed E-state index contributed by atoms with van der Waals surface area (Å²) in [6.07, 6.45) is 1.15. The van der Waals surface area contributed by atoms with Crippen LogP contribution in [0.4, 0.5) is 27.4 Å². The van der Waals surface area contributed by atoms with E-state index >= 15 is 0 Å². The van der Waals surface area contributed by atoms with Crippen molar-refractivity contribution in [1.82, 2.24) is 15.0 Å². The Bertz CT molecular complexity index is 712. The molecule has 2 N–H and O–H groups in total. The standard InChI is InChI=1S/C12H12BrFN6O2/c1-19(2)18-12-10(20(21)22)11(15-6-16-12)17-9-4-3-7(13)5-8(9)14/h3-6H,1-2H3,(H2,15,16,17,18). The van der Waals surface area contributed by atoms with E-state index in [1.165, 1.54) is 17.1 Å². The van der Waals surface area contributed by atoms with Gasteiger partial charge in [0.25, 0.3) is 0 Å². The van der Waals surface area contributed by atoms with Crippen molar-refractivity contribution in [2.75, 3.05) is 24.8 Å². The Morgan fingerprint density at radius 3 is 2.59 bits per heavy atom. The molecule has 2 aromatic rings. The molecule has 1 heterocycles. The average molecular weight is 371 g/mol. The summed E-state index contributed by atoms with van der Waals surface area (Å²) in [5.41, 5.74) is 2.40. The van der Waals surface area contributed by atoms with E-state index in [0.717, 1.165) is 6.33 Å². The number of hydrogen-bond acceptors (Lipinski definition) is 7. The van der Waals surface area contributed by atoms with E-state index in [-0.39, 0.29) is 23.0 Å². The van der Waals surface area contributed by atoms with Gasteiger partial charge in [-0.25, -0.2) is 19.4 Å². The van der Waals surface area contributed by atoms with Crippen LogP contribution in [0.15, 0.2) is 29.0 Å². The lowest BCUT2D eigenvalue weighted by atomic mass is 10.3. The molecule has 2 rings (SSSR count). The molecule has 0 aliphatic rings. The van der Waals surface area contributed by atoms with Crippen molar-refractivity contribution in [1.29, 1.82) is 0 Å². The molecule has 0 amide bonds. The number of nitrogens with one attached hydrogen (secondary N) is 2. The van der Waals surface area contributed by atoms with Gasteiger partial charge in [-0.15, -0.1) is 0 Å². The highest BCUT2D eigenvalue weighted by atomic mass is 79.9. The van der Waals surface area contributed by atoms with Crippen molar-refractivity contribution in [3.05, 3.63) is 44.9 Å². The van der Waals surface area contributed by atoms with Crippen molar-refractivity contribution in [2.45, 2.75) is 0 Å². The molecule has 0 atom stereocenters. The van der Waals surface area contributed by atoms with E-state index in [1.807, 2.05) is 0 Å². The van der Waals surface area contributed by atoms with E-state index in [2.05, 4.69) is 36.6 Å². The molecule has 0 saturated heterocycles. The molecule has 0 radical (unpaired) electrons. The highest BCUT2D eigenvalue weighted by Crippen LogP contribution is 2.32. The van der Waals surface area contributed by atoms with Crippen LogP contribution in [0.3, 0.4) is 0 Å². The lowest BCUT2D eigenvalue weighted by Crippen LogP contribution is -2.21. The van der Waals surface area contributed by atoms with Crippen LogP contribution in [0.1, 0.15) is 0 Å². The molecular weight excluding hydrogens is 359 g/mol. The van der Waals surface area contributed by atoms with Crippen LogP contribution < -0.4 is 10.7 Å². The fraction of sp³-hybridized carbons (Fsp3) is 0.167. The Morgan fingerprint density at radius 1 is 1.32 bits per heavy atom. The van der Waals surface area contributed by atoms with Gasteiger partial charge in [-0.3, -0.25) is 15.5 Å². The van der Waals surface area contributed by atoms with Gasteiger partial charge in [-0.1, -0.05) is 15.9 Å². The van der Waals surface area contributed by atoms with Gasteiger partial charge in [-0.05, 0) is 18.2 Å². The fourth-order valence-electron chi connectivity index (χ4n) is 1.66. The molecule has 0 aliphatic carbocycles. The molecule has 0 aliphatic heterocycles. The first-order valence-corrected chi connectivity index (χ1v) is 6.83. The second-order valence-electron chi connectivity index (χ2n) is 4.43. The van der Waals surface area contributed by atoms with Crippen molar-refractivity contribution in [3.8, 4) is 0 Å². The summed E-state index contributed by atoms with van der Waals surface area (Å²) < 4.78 is 14.4. The summed E-state index contributed by atoms with van der Waals surface area (Å²) in [4.78, 5) is 18.3. The number of hydrazine groups is 1. The van der Waals surface area contributed by atoms with Crippen LogP contribution in [0.2, 0.25) is 0 Å². The molecule has 1 aromatic heterocycles. The first kappa shape index (κ1) is 16.0. The predicted octanol–water partition coefficient (Wildman–Crippen LogP) is 2.92. The van der Waals surface area contributed by atoms with E-state index in [1.54, 1.807) is 20.2 Å². The zero-order chi connectivity index (χ0) is 16.3. The number of benzene rings is 1. The topological polar surface area (TPSA) is 96.2 Å². The number of anilines is 3. The second-order valence-corrected chi connectivity index (χ2v) is 5.35. The van der Waals surface area contributed by atoms with Gasteiger partial charge in [0.05, 0.1) is 10.6 Å². The maximum atomic E-state index is 13.8. The summed E-state index contributed by atoms with van der Waals surface area (Å²) >= 11 is 3.14. The summed E-state index contributed by atoms with van der Waals surface area (Å²) in [6, 6.07) is 4.30. The van der Waals surface area contributed by atoms with E-state index in [9.17, 15) is 14.5 Å². The normalized spacial score (nSPS) is 10.6. The van der Waals surface area contributed by atoms with Crippen molar-refractivity contribution in [2.24, 2.45) is 0 Å². The van der Waals surface area contributed by atoms with Crippen LogP contribution in [-0.2, 0) is 0 Å². The van der Waals surface area contributed by atoms with Gasteiger partial charge in [0, 0.05) is 18.6 Å². The monoisotopic (exact) mass is 370 g/mol. The molecule has 0 unspecified atom stereocenters. The molecule has 116 valence electrons. The second kappa shape index (κ2) is 6.62. The first-order valence-electron chi connectivity index (χ1n) is 6.04. The SMILES string of the molecule is CN(C)Nc1ncnc(Nc2ccc(Br)cc2F)c1[N+](=O)[O-]. The Balaban J connectivity index is 2.44. The van der Waals surface area contributed by atoms with Crippen molar-refractivity contribution >= 4 is 38.9 Å². The minimum Gasteiger partial charge on any atom is -0.332 e. The van der Waals surface area contributed by atoms with Gasteiger partial charge >= 0.3 is 5.69 Å². The van der Waals surface area contributed by atoms with E-state index in [4.69, 9.17) is 0 Å². The van der Waals surface area contributed by atoms with Crippen LogP contribution in [0.5, 0.6) is 0 Å². The predicted molar refractivity (Wildman–Crippen MR) is 83.4 cm³/mol. The highest BCUT2D eigenvalue weighted by Gasteiger charge is 2.24. The van der Waals surface area contributed by atoms with E-state index < -0.39 is 10.7 Å². The van der Waals surface area contributed by atoms with Gasteiger partial charge in [0.2, 0.25) is 11.6 Å². The summed E-state index contributed by atoms with van der Waals surface area (Å²) in [7, 11) is 3.32. The molecule has 8 nitrogen and oxygen atoms in total. The zero-order valence-electron chi connectivity index (χ0n) is 11.7. The Hall–Kier alpha value is -2.33. The van der Waals surface area contributed by atoms with Crippen LogP contribution in [0, 0.1) is 15.9 Å². The maximum absolute atomic E-state index is 13.8. The largest absolute Gasteiger partial charge is 0.354 e. The average Bonchev–Trinajstić information content (AvgIpc) is 2.41. The van der Waals surface area contributed by atoms with Gasteiger partial charge < -0.3 is 5.32 Å². The minimum absolute atomic E-state index is 0.00465. The first-order chi connectivity index (χ1) is 10.4. The van der Waals surface area contributed by atoms with Gasteiger partial charge in [-0.2, -0.15) is 0 Å².